The van der Waals surface area contributed by atoms with Crippen LogP contribution in [0, 0.1) is 5.41 Å². The molecular weight excluding hydrogens is 259 g/mol. The summed E-state index contributed by atoms with van der Waals surface area (Å²) in [5, 5.41) is 9.36. The highest BCUT2D eigenvalue weighted by molar-refractivity contribution is 8.06. The molecular formula is C11H17O4PS. The molecule has 0 saturated carbocycles. The highest BCUT2D eigenvalue weighted by Crippen LogP contribution is 2.48. The second kappa shape index (κ2) is 5.57. The lowest BCUT2D eigenvalue weighted by Crippen LogP contribution is -2.27. The molecule has 1 aromatic carbocycles. The minimum atomic E-state index is -3.77. The van der Waals surface area contributed by atoms with Gasteiger partial charge < -0.3 is 19.4 Å². The quantitative estimate of drug-likeness (QED) is 0.717. The van der Waals surface area contributed by atoms with Gasteiger partial charge in [0.2, 0.25) is 0 Å². The van der Waals surface area contributed by atoms with Crippen LogP contribution < -0.4 is 0 Å². The summed E-state index contributed by atoms with van der Waals surface area (Å²) in [5.41, 5.74) is 0.0977. The number of aliphatic hydroxyl groups is 1. The highest BCUT2D eigenvalue weighted by Gasteiger charge is 2.34. The molecule has 17 heavy (non-hydrogen) atoms. The summed E-state index contributed by atoms with van der Waals surface area (Å²) >= 11 is 4.50. The Hall–Kier alpha value is -0.290. The first kappa shape index (κ1) is 14.8. The molecule has 0 radical (unpaired) electrons. The average Bonchev–Trinajstić information content (AvgIpc) is 2.26. The van der Waals surface area contributed by atoms with Crippen molar-refractivity contribution in [3.05, 3.63) is 35.9 Å². The molecule has 1 aromatic rings. The van der Waals surface area contributed by atoms with Gasteiger partial charge in [-0.15, -0.1) is 0 Å². The van der Waals surface area contributed by atoms with Crippen LogP contribution in [0.2, 0.25) is 0 Å². The van der Waals surface area contributed by atoms with Crippen molar-refractivity contribution in [2.75, 3.05) is 6.61 Å². The fourth-order valence-corrected chi connectivity index (χ4v) is 2.44. The van der Waals surface area contributed by atoms with E-state index in [-0.39, 0.29) is 6.61 Å². The van der Waals surface area contributed by atoms with Gasteiger partial charge in [0.1, 0.15) is 0 Å². The summed E-state index contributed by atoms with van der Waals surface area (Å²) < 4.78 is 5.16. The zero-order valence-corrected chi connectivity index (χ0v) is 11.5. The number of benzene rings is 1. The molecule has 3 N–H and O–H groups in total. The normalized spacial score (nSPS) is 14.6. The molecule has 0 amide bonds. The van der Waals surface area contributed by atoms with Crippen molar-refractivity contribution in [2.24, 2.45) is 5.41 Å². The van der Waals surface area contributed by atoms with Crippen molar-refractivity contribution in [2.45, 2.75) is 20.0 Å². The van der Waals surface area contributed by atoms with Crippen molar-refractivity contribution in [1.29, 1.82) is 0 Å². The Morgan fingerprint density at radius 1 is 1.29 bits per heavy atom. The van der Waals surface area contributed by atoms with Crippen LogP contribution in [0.1, 0.15) is 25.5 Å². The summed E-state index contributed by atoms with van der Waals surface area (Å²) in [6.07, 6.45) is -0.658. The van der Waals surface area contributed by atoms with Gasteiger partial charge in [-0.3, -0.25) is 0 Å². The van der Waals surface area contributed by atoms with E-state index in [1.165, 1.54) is 0 Å². The third-order valence-electron chi connectivity index (χ3n) is 2.46. The average molecular weight is 276 g/mol. The van der Waals surface area contributed by atoms with Crippen LogP contribution in [0.5, 0.6) is 0 Å². The molecule has 0 fully saturated rings. The molecule has 0 aromatic heterocycles. The summed E-state index contributed by atoms with van der Waals surface area (Å²) in [5.74, 6) is 0. The van der Waals surface area contributed by atoms with E-state index in [0.717, 1.165) is 5.56 Å². The van der Waals surface area contributed by atoms with Gasteiger partial charge in [0.05, 0.1) is 12.7 Å². The lowest BCUT2D eigenvalue weighted by Gasteiger charge is -2.33. The molecule has 0 heterocycles. The topological polar surface area (TPSA) is 69.9 Å². The van der Waals surface area contributed by atoms with Crippen LogP contribution in [0.15, 0.2) is 30.3 Å². The lowest BCUT2D eigenvalue weighted by atomic mass is 9.83. The minimum absolute atomic E-state index is 0.151. The third-order valence-corrected chi connectivity index (χ3v) is 3.21. The van der Waals surface area contributed by atoms with Gasteiger partial charge in [-0.25, -0.2) is 0 Å². The summed E-state index contributed by atoms with van der Waals surface area (Å²) in [6.45, 7) is -0.379. The van der Waals surface area contributed by atoms with Gasteiger partial charge in [-0.05, 0) is 17.4 Å². The van der Waals surface area contributed by atoms with Crippen molar-refractivity contribution in [1.82, 2.24) is 0 Å². The second-order valence-electron chi connectivity index (χ2n) is 4.53. The van der Waals surface area contributed by atoms with Crippen LogP contribution in [0.4, 0.5) is 0 Å². The van der Waals surface area contributed by atoms with Crippen LogP contribution in [-0.4, -0.2) is 21.5 Å². The Kier molecular flexibility index (Phi) is 4.84. The Morgan fingerprint density at radius 3 is 2.24 bits per heavy atom. The van der Waals surface area contributed by atoms with Crippen molar-refractivity contribution >= 4 is 18.5 Å². The zero-order valence-electron chi connectivity index (χ0n) is 9.78. The fraction of sp³-hybridized carbons (Fsp3) is 0.455. The maximum Gasteiger partial charge on any atom is 0.322 e. The molecule has 1 unspecified atom stereocenters. The zero-order chi connectivity index (χ0) is 13.1. The van der Waals surface area contributed by atoms with E-state index in [2.05, 4.69) is 11.8 Å². The van der Waals surface area contributed by atoms with Gasteiger partial charge in [0.15, 0.2) is 0 Å². The van der Waals surface area contributed by atoms with E-state index in [9.17, 15) is 14.9 Å². The largest absolute Gasteiger partial charge is 0.396 e. The molecule has 1 rings (SSSR count). The SMILES string of the molecule is CC(C)(CO)C(OP(O)(O)=S)c1ccccc1. The molecule has 0 spiro atoms. The summed E-state index contributed by atoms with van der Waals surface area (Å²) in [7, 11) is 0. The molecule has 96 valence electrons. The van der Waals surface area contributed by atoms with Crippen LogP contribution >= 0.6 is 6.72 Å². The molecule has 6 heteroatoms. The first-order valence-corrected chi connectivity index (χ1v) is 7.78. The summed E-state index contributed by atoms with van der Waals surface area (Å²) in [4.78, 5) is 18.6. The molecule has 0 bridgehead atoms. The maximum absolute atomic E-state index is 9.36. The number of aliphatic hydroxyl groups excluding tert-OH is 1. The van der Waals surface area contributed by atoms with Crippen LogP contribution in [0.3, 0.4) is 0 Å². The molecule has 4 nitrogen and oxygen atoms in total. The Labute approximate surface area is 106 Å². The molecule has 0 saturated heterocycles. The van der Waals surface area contributed by atoms with Gasteiger partial charge >= 0.3 is 6.72 Å². The predicted octanol–water partition coefficient (Wildman–Crippen LogP) is 1.97. The number of hydrogen-bond donors (Lipinski definition) is 3. The maximum atomic E-state index is 9.36. The van der Waals surface area contributed by atoms with Crippen LogP contribution in [-0.2, 0) is 16.3 Å². The van der Waals surface area contributed by atoms with E-state index in [1.54, 1.807) is 26.0 Å². The Balaban J connectivity index is 3.08. The van der Waals surface area contributed by atoms with E-state index in [4.69, 9.17) is 4.52 Å². The molecule has 0 aliphatic carbocycles. The van der Waals surface area contributed by atoms with E-state index in [1.807, 2.05) is 18.2 Å². The smallest absolute Gasteiger partial charge is 0.322 e. The van der Waals surface area contributed by atoms with Crippen LogP contribution in [0.25, 0.3) is 0 Å². The lowest BCUT2D eigenvalue weighted by molar-refractivity contribution is 0.0156. The number of rotatable bonds is 5. The van der Waals surface area contributed by atoms with Crippen molar-refractivity contribution in [3.8, 4) is 0 Å². The molecule has 0 aliphatic rings. The molecule has 0 aliphatic heterocycles. The van der Waals surface area contributed by atoms with E-state index >= 15 is 0 Å². The first-order valence-electron chi connectivity index (χ1n) is 5.16. The van der Waals surface area contributed by atoms with E-state index < -0.39 is 18.2 Å². The van der Waals surface area contributed by atoms with Gasteiger partial charge in [0.25, 0.3) is 0 Å². The first-order chi connectivity index (χ1) is 7.76. The monoisotopic (exact) mass is 276 g/mol. The summed E-state index contributed by atoms with van der Waals surface area (Å²) in [6, 6.07) is 9.08. The van der Waals surface area contributed by atoms with Gasteiger partial charge in [-0.2, -0.15) is 0 Å². The van der Waals surface area contributed by atoms with Gasteiger partial charge in [-0.1, -0.05) is 44.2 Å². The van der Waals surface area contributed by atoms with Crippen molar-refractivity contribution < 1.29 is 19.4 Å². The van der Waals surface area contributed by atoms with Gasteiger partial charge in [0, 0.05) is 5.41 Å². The number of hydrogen-bond acceptors (Lipinski definition) is 3. The Morgan fingerprint density at radius 2 is 1.82 bits per heavy atom. The molecule has 1 atom stereocenters. The predicted molar refractivity (Wildman–Crippen MR) is 69.9 cm³/mol. The van der Waals surface area contributed by atoms with Crippen molar-refractivity contribution in [3.63, 3.8) is 0 Å². The standard InChI is InChI=1S/C11H17O4PS/c1-11(2,8-12)10(15-16(13,14)17)9-6-4-3-5-7-9/h3-7,10,12H,8H2,1-2H3,(H2,13,14,17). The minimum Gasteiger partial charge on any atom is -0.396 e. The third kappa shape index (κ3) is 4.47. The highest BCUT2D eigenvalue weighted by atomic mass is 32.5. The second-order valence-corrected chi connectivity index (χ2v) is 7.15. The Bertz CT molecular complexity index is 401. The fourth-order valence-electron chi connectivity index (χ4n) is 1.50. The van der Waals surface area contributed by atoms with E-state index in [0.29, 0.717) is 0 Å².